The van der Waals surface area contributed by atoms with Crippen molar-refractivity contribution in [3.63, 3.8) is 0 Å². The minimum Gasteiger partial charge on any atom is -0.380 e. The molecule has 2 bridgehead atoms. The van der Waals surface area contributed by atoms with Gasteiger partial charge in [0, 0.05) is 38.4 Å². The topological polar surface area (TPSA) is 85.3 Å². The largest absolute Gasteiger partial charge is 0.380 e. The van der Waals surface area contributed by atoms with Gasteiger partial charge in [0.15, 0.2) is 0 Å². The lowest BCUT2D eigenvalue weighted by atomic mass is 9.96. The van der Waals surface area contributed by atoms with Crippen molar-refractivity contribution in [3.05, 3.63) is 34.4 Å². The fraction of sp³-hybridized carbons (Fsp3) is 0.524. The molecule has 1 aliphatic heterocycles. The second-order valence-electron chi connectivity index (χ2n) is 7.51. The minimum absolute atomic E-state index is 0.138. The number of rotatable bonds is 1. The average Bonchev–Trinajstić information content (AvgIpc) is 2.65. The molecule has 1 aliphatic rings. The van der Waals surface area contributed by atoms with Crippen LogP contribution in [-0.2, 0) is 11.2 Å². The zero-order chi connectivity index (χ0) is 21.6. The summed E-state index contributed by atoms with van der Waals surface area (Å²) in [5.41, 5.74) is 3.64. The van der Waals surface area contributed by atoms with Crippen molar-refractivity contribution in [2.24, 2.45) is 0 Å². The van der Waals surface area contributed by atoms with Gasteiger partial charge in [-0.2, -0.15) is 0 Å². The van der Waals surface area contributed by atoms with Gasteiger partial charge in [-0.1, -0.05) is 18.3 Å². The summed E-state index contributed by atoms with van der Waals surface area (Å²) in [6.07, 6.45) is 2.48. The SMILES string of the molecule is Cc1cc(C)c2cc1CCC(=N)SCCC(=S)NCC[C@@H](C(=O)N(C)C)NC2=O. The zero-order valence-corrected chi connectivity index (χ0v) is 19.2. The molecule has 0 fully saturated rings. The smallest absolute Gasteiger partial charge is 0.252 e. The van der Waals surface area contributed by atoms with Crippen LogP contribution in [0.3, 0.4) is 0 Å². The van der Waals surface area contributed by atoms with E-state index in [1.54, 1.807) is 14.1 Å². The summed E-state index contributed by atoms with van der Waals surface area (Å²) in [4.78, 5) is 27.8. The van der Waals surface area contributed by atoms with Crippen LogP contribution in [0.25, 0.3) is 0 Å². The second-order valence-corrected chi connectivity index (χ2v) is 9.20. The van der Waals surface area contributed by atoms with Crippen LogP contribution in [0.2, 0.25) is 0 Å². The summed E-state index contributed by atoms with van der Waals surface area (Å²) in [7, 11) is 3.37. The molecular weight excluding hydrogens is 404 g/mol. The van der Waals surface area contributed by atoms with E-state index < -0.39 is 6.04 Å². The van der Waals surface area contributed by atoms with Gasteiger partial charge >= 0.3 is 0 Å². The molecule has 1 aromatic carbocycles. The summed E-state index contributed by atoms with van der Waals surface area (Å²) in [5, 5.41) is 14.9. The summed E-state index contributed by atoms with van der Waals surface area (Å²) in [5.74, 6) is 0.379. The number of thiocarbonyl (C=S) groups is 1. The van der Waals surface area contributed by atoms with Crippen LogP contribution in [0.4, 0.5) is 0 Å². The monoisotopic (exact) mass is 434 g/mol. The van der Waals surface area contributed by atoms with Gasteiger partial charge < -0.3 is 15.5 Å². The van der Waals surface area contributed by atoms with E-state index in [4.69, 9.17) is 17.6 Å². The van der Waals surface area contributed by atoms with E-state index in [0.29, 0.717) is 42.8 Å². The number of likely N-dealkylation sites (N-methyl/N-ethyl adjacent to an activating group) is 1. The Hall–Kier alpha value is -1.93. The van der Waals surface area contributed by atoms with Gasteiger partial charge in [-0.05, 0) is 55.9 Å². The van der Waals surface area contributed by atoms with Crippen LogP contribution in [0.1, 0.15) is 46.3 Å². The highest BCUT2D eigenvalue weighted by molar-refractivity contribution is 8.13. The molecule has 2 rings (SSSR count). The molecule has 29 heavy (non-hydrogen) atoms. The number of benzene rings is 1. The third-order valence-corrected chi connectivity index (χ3v) is 6.26. The second kappa shape index (κ2) is 10.7. The molecule has 1 heterocycles. The molecular formula is C21H30N4O2S2. The predicted octanol–water partition coefficient (Wildman–Crippen LogP) is 2.84. The number of amides is 2. The zero-order valence-electron chi connectivity index (χ0n) is 17.6. The summed E-state index contributed by atoms with van der Waals surface area (Å²) in [6.45, 7) is 4.44. The van der Waals surface area contributed by atoms with Gasteiger partial charge in [-0.15, -0.1) is 11.8 Å². The Balaban J connectivity index is 2.33. The summed E-state index contributed by atoms with van der Waals surface area (Å²) in [6, 6.07) is 3.30. The molecule has 6 nitrogen and oxygen atoms in total. The quantitative estimate of drug-likeness (QED) is 0.592. The molecule has 0 unspecified atom stereocenters. The first kappa shape index (κ1) is 23.3. The highest BCUT2D eigenvalue weighted by atomic mass is 32.2. The third-order valence-electron chi connectivity index (χ3n) is 4.95. The van der Waals surface area contributed by atoms with E-state index in [1.165, 1.54) is 16.7 Å². The van der Waals surface area contributed by atoms with Crippen molar-refractivity contribution in [1.82, 2.24) is 15.5 Å². The Kier molecular flexibility index (Phi) is 8.64. The van der Waals surface area contributed by atoms with Crippen LogP contribution >= 0.6 is 24.0 Å². The van der Waals surface area contributed by atoms with Crippen LogP contribution < -0.4 is 10.6 Å². The van der Waals surface area contributed by atoms with Gasteiger partial charge in [0.2, 0.25) is 5.91 Å². The molecule has 0 spiro atoms. The lowest BCUT2D eigenvalue weighted by Crippen LogP contribution is -2.48. The lowest BCUT2D eigenvalue weighted by molar-refractivity contribution is -0.130. The first-order valence-corrected chi connectivity index (χ1v) is 11.2. The Bertz CT molecular complexity index is 808. The van der Waals surface area contributed by atoms with Gasteiger partial charge in [-0.25, -0.2) is 0 Å². The normalized spacial score (nSPS) is 19.3. The maximum Gasteiger partial charge on any atom is 0.252 e. The van der Waals surface area contributed by atoms with E-state index in [1.807, 2.05) is 26.0 Å². The maximum atomic E-state index is 13.0. The fourth-order valence-corrected chi connectivity index (χ4v) is 4.38. The van der Waals surface area contributed by atoms with E-state index in [-0.39, 0.29) is 11.8 Å². The number of hydrogen-bond acceptors (Lipinski definition) is 5. The molecule has 2 amide bonds. The molecule has 1 atom stereocenters. The molecule has 0 aliphatic carbocycles. The molecule has 1 aromatic rings. The molecule has 0 aromatic heterocycles. The molecule has 3 N–H and O–H groups in total. The number of carbonyl (C=O) groups is 2. The Morgan fingerprint density at radius 3 is 2.62 bits per heavy atom. The lowest BCUT2D eigenvalue weighted by Gasteiger charge is -2.23. The predicted molar refractivity (Wildman–Crippen MR) is 124 cm³/mol. The molecule has 8 heteroatoms. The van der Waals surface area contributed by atoms with Crippen molar-refractivity contribution in [3.8, 4) is 0 Å². The first-order valence-electron chi connectivity index (χ1n) is 9.78. The van der Waals surface area contributed by atoms with Gasteiger partial charge in [0.1, 0.15) is 6.04 Å². The molecule has 0 saturated carbocycles. The molecule has 0 saturated heterocycles. The number of aryl methyl sites for hydroxylation is 3. The summed E-state index contributed by atoms with van der Waals surface area (Å²) >= 11 is 6.87. The Morgan fingerprint density at radius 1 is 1.21 bits per heavy atom. The maximum absolute atomic E-state index is 13.0. The Morgan fingerprint density at radius 2 is 1.93 bits per heavy atom. The number of hydrogen-bond donors (Lipinski definition) is 3. The highest BCUT2D eigenvalue weighted by Crippen LogP contribution is 2.20. The van der Waals surface area contributed by atoms with Crippen molar-refractivity contribution >= 4 is 45.8 Å². The van der Waals surface area contributed by atoms with Gasteiger partial charge in [0.05, 0.1) is 10.0 Å². The van der Waals surface area contributed by atoms with Crippen LogP contribution in [0, 0.1) is 19.3 Å². The summed E-state index contributed by atoms with van der Waals surface area (Å²) < 4.78 is 0. The molecule has 0 radical (unpaired) electrons. The third kappa shape index (κ3) is 6.82. The van der Waals surface area contributed by atoms with E-state index in [2.05, 4.69) is 10.6 Å². The number of fused-ring (bicyclic) bond motifs is 2. The van der Waals surface area contributed by atoms with Crippen LogP contribution in [0.15, 0.2) is 12.1 Å². The standard InChI is InChI=1S/C21H30N4O2S2/c1-13-11-14(2)16-12-15(13)5-6-18(22)29-10-8-19(28)23-9-7-17(24-20(16)26)21(27)25(3)4/h11-12,17,22H,5-10H2,1-4H3,(H,23,28)(H,24,26)/t17-/m0/s1. The van der Waals surface area contributed by atoms with Crippen molar-refractivity contribution < 1.29 is 9.59 Å². The fourth-order valence-electron chi connectivity index (χ4n) is 3.25. The highest BCUT2D eigenvalue weighted by Gasteiger charge is 2.24. The average molecular weight is 435 g/mol. The number of carbonyl (C=O) groups excluding carboxylic acids is 2. The number of nitrogens with zero attached hydrogens (tertiary/aromatic N) is 1. The van der Waals surface area contributed by atoms with E-state index in [9.17, 15) is 9.59 Å². The van der Waals surface area contributed by atoms with Crippen LogP contribution in [0.5, 0.6) is 0 Å². The van der Waals surface area contributed by atoms with Crippen molar-refractivity contribution in [1.29, 1.82) is 5.41 Å². The molecule has 158 valence electrons. The van der Waals surface area contributed by atoms with E-state index in [0.717, 1.165) is 27.4 Å². The van der Waals surface area contributed by atoms with Crippen molar-refractivity contribution in [2.75, 3.05) is 26.4 Å². The van der Waals surface area contributed by atoms with Gasteiger partial charge in [0.25, 0.3) is 5.91 Å². The number of nitrogens with one attached hydrogen (secondary N) is 3. The van der Waals surface area contributed by atoms with Gasteiger partial charge in [-0.3, -0.25) is 15.0 Å². The number of thioether (sulfide) groups is 1. The Labute approximate surface area is 182 Å². The van der Waals surface area contributed by atoms with Crippen LogP contribution in [-0.4, -0.2) is 59.2 Å². The minimum atomic E-state index is -0.618. The first-order chi connectivity index (χ1) is 13.7. The van der Waals surface area contributed by atoms with Crippen molar-refractivity contribution in [2.45, 2.75) is 45.6 Å². The van der Waals surface area contributed by atoms with E-state index >= 15 is 0 Å².